The van der Waals surface area contributed by atoms with Gasteiger partial charge in [0.05, 0.1) is 11.5 Å². The highest BCUT2D eigenvalue weighted by atomic mass is 32.1. The second-order valence-electron chi connectivity index (χ2n) is 8.06. The number of rotatable bonds is 9. The summed E-state index contributed by atoms with van der Waals surface area (Å²) in [7, 11) is 1.68. The van der Waals surface area contributed by atoms with Gasteiger partial charge in [-0.1, -0.05) is 67.6 Å². The van der Waals surface area contributed by atoms with Gasteiger partial charge in [0, 0.05) is 20.1 Å². The van der Waals surface area contributed by atoms with Gasteiger partial charge in [-0.05, 0) is 29.5 Å². The van der Waals surface area contributed by atoms with Crippen LogP contribution in [0.5, 0.6) is 0 Å². The molecule has 7 heteroatoms. The molecule has 0 saturated heterocycles. The molecular formula is C26H27N3O3S. The zero-order chi connectivity index (χ0) is 23.4. The van der Waals surface area contributed by atoms with Crippen LogP contribution in [0.2, 0.25) is 0 Å². The van der Waals surface area contributed by atoms with Gasteiger partial charge >= 0.3 is 5.97 Å². The van der Waals surface area contributed by atoms with E-state index >= 15 is 0 Å². The second-order valence-corrected chi connectivity index (χ2v) is 9.06. The average Bonchev–Trinajstić information content (AvgIpc) is 3.17. The number of nitrogens with zero attached hydrogens (tertiary/aromatic N) is 2. The van der Waals surface area contributed by atoms with Gasteiger partial charge in [-0.2, -0.15) is 0 Å². The van der Waals surface area contributed by atoms with Crippen LogP contribution in [0.1, 0.15) is 51.1 Å². The monoisotopic (exact) mass is 461 g/mol. The minimum Gasteiger partial charge on any atom is -0.477 e. The molecule has 0 fully saturated rings. The zero-order valence-corrected chi connectivity index (χ0v) is 19.7. The maximum Gasteiger partial charge on any atom is 0.346 e. The highest BCUT2D eigenvalue weighted by Gasteiger charge is 2.22. The van der Waals surface area contributed by atoms with Crippen LogP contribution in [0.15, 0.2) is 60.7 Å². The molecule has 2 aromatic carbocycles. The molecule has 6 nitrogen and oxygen atoms in total. The fraction of sp³-hybridized carbons (Fsp3) is 0.269. The molecule has 0 aliphatic rings. The number of benzene rings is 2. The Kier molecular flexibility index (Phi) is 7.01. The first kappa shape index (κ1) is 22.9. The van der Waals surface area contributed by atoms with Crippen LogP contribution in [0, 0.1) is 6.92 Å². The number of nitrogens with one attached hydrogen (secondary N) is 1. The molecule has 0 aliphatic heterocycles. The molecule has 0 radical (unpaired) electrons. The summed E-state index contributed by atoms with van der Waals surface area (Å²) in [4.78, 5) is 22.3. The molecule has 2 atom stereocenters. The maximum absolute atomic E-state index is 11.8. The van der Waals surface area contributed by atoms with Gasteiger partial charge in [-0.25, -0.2) is 14.8 Å². The molecule has 170 valence electrons. The summed E-state index contributed by atoms with van der Waals surface area (Å²) < 4.78 is 5.70. The molecular weight excluding hydrogens is 434 g/mol. The third-order valence-corrected chi connectivity index (χ3v) is 6.97. The van der Waals surface area contributed by atoms with E-state index in [0.29, 0.717) is 39.9 Å². The van der Waals surface area contributed by atoms with E-state index in [-0.39, 0.29) is 12.0 Å². The molecule has 2 aromatic heterocycles. The maximum atomic E-state index is 11.8. The lowest BCUT2D eigenvalue weighted by Gasteiger charge is -2.18. The number of hydrogen-bond donors (Lipinski definition) is 2. The number of fused-ring (bicyclic) bond motifs is 1. The lowest BCUT2D eigenvalue weighted by molar-refractivity contribution is 0.0701. The first-order chi connectivity index (χ1) is 16.0. The van der Waals surface area contributed by atoms with Crippen LogP contribution >= 0.6 is 11.3 Å². The quantitative estimate of drug-likeness (QED) is 0.326. The van der Waals surface area contributed by atoms with Crippen molar-refractivity contribution in [2.24, 2.45) is 0 Å². The average molecular weight is 462 g/mol. The van der Waals surface area contributed by atoms with Crippen molar-refractivity contribution in [3.63, 3.8) is 0 Å². The summed E-state index contributed by atoms with van der Waals surface area (Å²) in [6.45, 7) is 4.46. The van der Waals surface area contributed by atoms with Gasteiger partial charge in [0.15, 0.2) is 0 Å². The van der Waals surface area contributed by atoms with Crippen LogP contribution < -0.4 is 5.32 Å². The van der Waals surface area contributed by atoms with Crippen molar-refractivity contribution in [2.45, 2.75) is 32.3 Å². The van der Waals surface area contributed by atoms with Gasteiger partial charge in [-0.15, -0.1) is 11.3 Å². The molecule has 2 heterocycles. The largest absolute Gasteiger partial charge is 0.477 e. The number of thiophene rings is 1. The van der Waals surface area contributed by atoms with Gasteiger partial charge in [0.1, 0.15) is 21.3 Å². The third kappa shape index (κ3) is 5.05. The Morgan fingerprint density at radius 3 is 2.30 bits per heavy atom. The Bertz CT molecular complexity index is 1240. The molecule has 0 aliphatic carbocycles. The SMILES string of the molecule is CO[C@@H](CNc1nc(C[C@@H](C)c2ccccc2)nc2sc(C(=O)O)c(C)c12)c1ccccc1. The summed E-state index contributed by atoms with van der Waals surface area (Å²) in [5.41, 5.74) is 2.96. The highest BCUT2D eigenvalue weighted by molar-refractivity contribution is 7.20. The third-order valence-electron chi connectivity index (χ3n) is 5.80. The predicted octanol–water partition coefficient (Wildman–Crippen LogP) is 5.84. The van der Waals surface area contributed by atoms with Crippen LogP contribution in [0.3, 0.4) is 0 Å². The molecule has 2 N–H and O–H groups in total. The van der Waals surface area contributed by atoms with E-state index in [2.05, 4.69) is 24.4 Å². The Labute approximate surface area is 197 Å². The first-order valence-electron chi connectivity index (χ1n) is 10.9. The fourth-order valence-electron chi connectivity index (χ4n) is 3.97. The van der Waals surface area contributed by atoms with E-state index in [1.165, 1.54) is 16.9 Å². The van der Waals surface area contributed by atoms with Gasteiger partial charge in [0.25, 0.3) is 0 Å². The molecule has 0 saturated carbocycles. The second kappa shape index (κ2) is 10.1. The van der Waals surface area contributed by atoms with Crippen molar-refractivity contribution < 1.29 is 14.6 Å². The molecule has 0 amide bonds. The molecule has 0 bridgehead atoms. The Morgan fingerprint density at radius 2 is 1.70 bits per heavy atom. The first-order valence-corrected chi connectivity index (χ1v) is 11.7. The summed E-state index contributed by atoms with van der Waals surface area (Å²) in [6.07, 6.45) is 0.487. The number of aryl methyl sites for hydroxylation is 1. The molecule has 0 spiro atoms. The number of methoxy groups -OCH3 is 1. The van der Waals surface area contributed by atoms with Crippen molar-refractivity contribution in [1.29, 1.82) is 0 Å². The van der Waals surface area contributed by atoms with Crippen molar-refractivity contribution in [3.05, 3.63) is 88.1 Å². The molecule has 0 unspecified atom stereocenters. The topological polar surface area (TPSA) is 84.3 Å². The molecule has 4 aromatic rings. The Hall–Kier alpha value is -3.29. The van der Waals surface area contributed by atoms with Crippen molar-refractivity contribution in [1.82, 2.24) is 9.97 Å². The van der Waals surface area contributed by atoms with Crippen molar-refractivity contribution in [2.75, 3.05) is 19.0 Å². The number of aromatic nitrogens is 2. The predicted molar refractivity (Wildman–Crippen MR) is 132 cm³/mol. The highest BCUT2D eigenvalue weighted by Crippen LogP contribution is 2.35. The van der Waals surface area contributed by atoms with Crippen molar-refractivity contribution in [3.8, 4) is 0 Å². The van der Waals surface area contributed by atoms with Crippen LogP contribution in [0.4, 0.5) is 5.82 Å². The van der Waals surface area contributed by atoms with E-state index in [1.807, 2.05) is 55.5 Å². The number of anilines is 1. The number of carboxylic acids is 1. The smallest absolute Gasteiger partial charge is 0.346 e. The number of carbonyl (C=O) groups is 1. The Morgan fingerprint density at radius 1 is 1.06 bits per heavy atom. The number of ether oxygens (including phenoxy) is 1. The van der Waals surface area contributed by atoms with E-state index in [9.17, 15) is 9.90 Å². The zero-order valence-electron chi connectivity index (χ0n) is 18.9. The van der Waals surface area contributed by atoms with Crippen molar-refractivity contribution >= 4 is 33.3 Å². The van der Waals surface area contributed by atoms with E-state index in [0.717, 1.165) is 10.9 Å². The lowest BCUT2D eigenvalue weighted by atomic mass is 9.97. The normalized spacial score (nSPS) is 13.1. The van der Waals surface area contributed by atoms with E-state index < -0.39 is 5.97 Å². The van der Waals surface area contributed by atoms with Crippen LogP contribution in [-0.4, -0.2) is 34.7 Å². The minimum atomic E-state index is -0.945. The number of aromatic carboxylic acids is 1. The van der Waals surface area contributed by atoms with E-state index in [1.54, 1.807) is 7.11 Å². The van der Waals surface area contributed by atoms with Gasteiger partial charge in [-0.3, -0.25) is 0 Å². The standard InChI is InChI=1S/C26H27N3O3S/c1-16(18-10-6-4-7-11-18)14-21-28-24(22-17(2)23(26(30)31)33-25(22)29-21)27-15-20(32-3)19-12-8-5-9-13-19/h4-13,16,20H,14-15H2,1-3H3,(H,30,31)(H,27,28,29)/t16-,20+/m1/s1. The Balaban J connectivity index is 1.68. The van der Waals surface area contributed by atoms with Gasteiger partial charge in [0.2, 0.25) is 0 Å². The summed E-state index contributed by atoms with van der Waals surface area (Å²) >= 11 is 1.20. The molecule has 4 rings (SSSR count). The van der Waals surface area contributed by atoms with Crippen LogP contribution in [0.25, 0.3) is 10.2 Å². The minimum absolute atomic E-state index is 0.166. The number of carboxylic acid groups (broad SMARTS) is 1. The summed E-state index contributed by atoms with van der Waals surface area (Å²) in [5, 5.41) is 13.8. The lowest BCUT2D eigenvalue weighted by Crippen LogP contribution is -2.16. The van der Waals surface area contributed by atoms with Gasteiger partial charge < -0.3 is 15.2 Å². The fourth-order valence-corrected chi connectivity index (χ4v) is 5.01. The molecule has 33 heavy (non-hydrogen) atoms. The summed E-state index contributed by atoms with van der Waals surface area (Å²) in [5.74, 6) is 0.620. The number of hydrogen-bond acceptors (Lipinski definition) is 6. The summed E-state index contributed by atoms with van der Waals surface area (Å²) in [6, 6.07) is 20.2. The van der Waals surface area contributed by atoms with E-state index in [4.69, 9.17) is 14.7 Å². The van der Waals surface area contributed by atoms with Crippen LogP contribution in [-0.2, 0) is 11.2 Å².